The molecule has 6 heteroatoms. The minimum absolute atomic E-state index is 0.0197. The van der Waals surface area contributed by atoms with E-state index in [2.05, 4.69) is 5.32 Å². The number of amides is 1. The summed E-state index contributed by atoms with van der Waals surface area (Å²) in [6.07, 6.45) is 0.746. The molecule has 120 valence electrons. The van der Waals surface area contributed by atoms with Gasteiger partial charge in [-0.15, -0.1) is 0 Å². The zero-order valence-corrected chi connectivity index (χ0v) is 12.9. The minimum atomic E-state index is -1.19. The number of hydrogen-bond acceptors (Lipinski definition) is 4. The van der Waals surface area contributed by atoms with Crippen molar-refractivity contribution in [2.24, 2.45) is 5.92 Å². The molecule has 0 aromatic heterocycles. The van der Waals surface area contributed by atoms with Gasteiger partial charge in [-0.3, -0.25) is 0 Å². The summed E-state index contributed by atoms with van der Waals surface area (Å²) >= 11 is 0. The molecule has 2 N–H and O–H groups in total. The van der Waals surface area contributed by atoms with Crippen molar-refractivity contribution < 1.29 is 24.2 Å². The molecule has 6 nitrogen and oxygen atoms in total. The van der Waals surface area contributed by atoms with Crippen LogP contribution in [0.15, 0.2) is 42.2 Å². The Hall–Kier alpha value is -2.50. The Kier molecular flexibility index (Phi) is 6.95. The maximum absolute atomic E-state index is 11.8. The van der Waals surface area contributed by atoms with E-state index in [4.69, 9.17) is 14.6 Å². The highest BCUT2D eigenvalue weighted by atomic mass is 16.5. The first-order chi connectivity index (χ1) is 10.4. The Balaban J connectivity index is 2.63. The zero-order chi connectivity index (χ0) is 16.5. The molecule has 1 rings (SSSR count). The Morgan fingerprint density at radius 1 is 1.27 bits per heavy atom. The number of hydrogen-bond donors (Lipinski definition) is 2. The first-order valence-electron chi connectivity index (χ1n) is 6.90. The van der Waals surface area contributed by atoms with Crippen LogP contribution >= 0.6 is 0 Å². The van der Waals surface area contributed by atoms with Gasteiger partial charge in [-0.25, -0.2) is 9.59 Å². The van der Waals surface area contributed by atoms with Gasteiger partial charge in [0.1, 0.15) is 6.61 Å². The summed E-state index contributed by atoms with van der Waals surface area (Å²) in [6.45, 7) is 3.86. The van der Waals surface area contributed by atoms with E-state index in [0.29, 0.717) is 0 Å². The molecule has 0 radical (unpaired) electrons. The molecule has 1 atom stereocenters. The van der Waals surface area contributed by atoms with Crippen molar-refractivity contribution in [3.8, 4) is 0 Å². The SMILES string of the molecule is CO/C(=C\[C@@H](NC(=O)OCc1ccccc1)C(C)C)C(=O)O. The first kappa shape index (κ1) is 17.6. The molecule has 22 heavy (non-hydrogen) atoms. The van der Waals surface area contributed by atoms with Crippen molar-refractivity contribution >= 4 is 12.1 Å². The van der Waals surface area contributed by atoms with Crippen LogP contribution in [0.3, 0.4) is 0 Å². The van der Waals surface area contributed by atoms with Crippen molar-refractivity contribution in [1.82, 2.24) is 5.32 Å². The lowest BCUT2D eigenvalue weighted by molar-refractivity contribution is -0.136. The first-order valence-corrected chi connectivity index (χ1v) is 6.90. The highest BCUT2D eigenvalue weighted by molar-refractivity contribution is 5.84. The van der Waals surface area contributed by atoms with Gasteiger partial charge in [-0.05, 0) is 17.6 Å². The average molecular weight is 307 g/mol. The molecular weight excluding hydrogens is 286 g/mol. The van der Waals surface area contributed by atoms with Gasteiger partial charge in [0, 0.05) is 0 Å². The van der Waals surface area contributed by atoms with Gasteiger partial charge in [0.25, 0.3) is 0 Å². The molecule has 0 heterocycles. The largest absolute Gasteiger partial charge is 0.490 e. The molecule has 0 aliphatic rings. The zero-order valence-electron chi connectivity index (χ0n) is 12.9. The number of carbonyl (C=O) groups is 2. The fourth-order valence-electron chi connectivity index (χ4n) is 1.69. The number of ether oxygens (including phenoxy) is 2. The predicted octanol–water partition coefficient (Wildman–Crippen LogP) is 2.55. The third kappa shape index (κ3) is 5.87. The van der Waals surface area contributed by atoms with Crippen LogP contribution in [0.2, 0.25) is 0 Å². The summed E-state index contributed by atoms with van der Waals surface area (Å²) in [4.78, 5) is 22.8. The van der Waals surface area contributed by atoms with Gasteiger partial charge in [0.05, 0.1) is 13.2 Å². The maximum Gasteiger partial charge on any atom is 0.407 e. The number of methoxy groups -OCH3 is 1. The van der Waals surface area contributed by atoms with Gasteiger partial charge in [-0.2, -0.15) is 0 Å². The molecule has 0 bridgehead atoms. The van der Waals surface area contributed by atoms with Gasteiger partial charge in [0.2, 0.25) is 5.76 Å². The summed E-state index contributed by atoms with van der Waals surface area (Å²) in [5, 5.41) is 11.6. The van der Waals surface area contributed by atoms with Gasteiger partial charge >= 0.3 is 12.1 Å². The third-order valence-electron chi connectivity index (χ3n) is 2.98. The van der Waals surface area contributed by atoms with Gasteiger partial charge in [-0.1, -0.05) is 44.2 Å². The lowest BCUT2D eigenvalue weighted by Crippen LogP contribution is -2.38. The number of carboxylic acid groups (broad SMARTS) is 1. The lowest BCUT2D eigenvalue weighted by Gasteiger charge is -2.19. The standard InChI is InChI=1S/C16H21NO5/c1-11(2)13(9-14(21-3)15(18)19)17-16(20)22-10-12-7-5-4-6-8-12/h4-9,11,13H,10H2,1-3H3,(H,17,20)(H,18,19)/b14-9-/t13-/m1/s1. The van der Waals surface area contributed by atoms with Gasteiger partial charge in [0.15, 0.2) is 0 Å². The van der Waals surface area contributed by atoms with E-state index in [9.17, 15) is 9.59 Å². The molecule has 0 aliphatic heterocycles. The van der Waals surface area contributed by atoms with Crippen LogP contribution in [0.4, 0.5) is 4.79 Å². The number of benzene rings is 1. The molecule has 0 saturated carbocycles. The van der Waals surface area contributed by atoms with Crippen molar-refractivity contribution in [2.45, 2.75) is 26.5 Å². The molecular formula is C16H21NO5. The van der Waals surface area contributed by atoms with E-state index in [1.54, 1.807) is 0 Å². The second-order valence-corrected chi connectivity index (χ2v) is 5.02. The van der Waals surface area contributed by atoms with Crippen LogP contribution in [0, 0.1) is 5.92 Å². The van der Waals surface area contributed by atoms with Crippen molar-refractivity contribution in [1.29, 1.82) is 0 Å². The molecule has 0 saturated heterocycles. The van der Waals surface area contributed by atoms with E-state index >= 15 is 0 Å². The van der Waals surface area contributed by atoms with Crippen LogP contribution < -0.4 is 5.32 Å². The Bertz CT molecular complexity index is 525. The molecule has 1 aromatic rings. The maximum atomic E-state index is 11.8. The smallest absolute Gasteiger partial charge is 0.407 e. The Morgan fingerprint density at radius 2 is 1.91 bits per heavy atom. The fraction of sp³-hybridized carbons (Fsp3) is 0.375. The molecule has 0 spiro atoms. The molecule has 0 fully saturated rings. The molecule has 0 aliphatic carbocycles. The number of rotatable bonds is 7. The topological polar surface area (TPSA) is 84.9 Å². The summed E-state index contributed by atoms with van der Waals surface area (Å²) in [5.41, 5.74) is 0.873. The van der Waals surface area contributed by atoms with E-state index in [-0.39, 0.29) is 18.3 Å². The van der Waals surface area contributed by atoms with Gasteiger partial charge < -0.3 is 19.9 Å². The summed E-state index contributed by atoms with van der Waals surface area (Å²) in [7, 11) is 1.27. The van der Waals surface area contributed by atoms with Crippen molar-refractivity contribution in [2.75, 3.05) is 7.11 Å². The lowest BCUT2D eigenvalue weighted by atomic mass is 10.0. The second-order valence-electron chi connectivity index (χ2n) is 5.02. The highest BCUT2D eigenvalue weighted by Crippen LogP contribution is 2.09. The summed E-state index contributed by atoms with van der Waals surface area (Å²) in [5.74, 6) is -1.43. The molecule has 1 amide bonds. The monoisotopic (exact) mass is 307 g/mol. The Labute approximate surface area is 129 Å². The normalized spacial score (nSPS) is 12.6. The van der Waals surface area contributed by atoms with Crippen LogP contribution in [-0.4, -0.2) is 30.3 Å². The predicted molar refractivity (Wildman–Crippen MR) is 81.1 cm³/mol. The quantitative estimate of drug-likeness (QED) is 0.597. The van der Waals surface area contributed by atoms with E-state index < -0.39 is 18.1 Å². The van der Waals surface area contributed by atoms with E-state index in [0.717, 1.165) is 5.56 Å². The number of nitrogens with one attached hydrogen (secondary N) is 1. The minimum Gasteiger partial charge on any atom is -0.490 e. The summed E-state index contributed by atoms with van der Waals surface area (Å²) in [6, 6.07) is 8.78. The number of aliphatic carboxylic acids is 1. The second kappa shape index (κ2) is 8.71. The van der Waals surface area contributed by atoms with E-state index in [1.165, 1.54) is 13.2 Å². The molecule has 0 unspecified atom stereocenters. The fourth-order valence-corrected chi connectivity index (χ4v) is 1.69. The van der Waals surface area contributed by atoms with Crippen molar-refractivity contribution in [3.63, 3.8) is 0 Å². The summed E-state index contributed by atoms with van der Waals surface area (Å²) < 4.78 is 9.89. The average Bonchev–Trinajstić information content (AvgIpc) is 2.49. The highest BCUT2D eigenvalue weighted by Gasteiger charge is 2.18. The van der Waals surface area contributed by atoms with E-state index in [1.807, 2.05) is 44.2 Å². The van der Waals surface area contributed by atoms with Crippen LogP contribution in [0.1, 0.15) is 19.4 Å². The van der Waals surface area contributed by atoms with Crippen LogP contribution in [0.25, 0.3) is 0 Å². The number of alkyl carbamates (subject to hydrolysis) is 1. The third-order valence-corrected chi connectivity index (χ3v) is 2.98. The van der Waals surface area contributed by atoms with Crippen LogP contribution in [0.5, 0.6) is 0 Å². The van der Waals surface area contributed by atoms with Crippen LogP contribution in [-0.2, 0) is 20.9 Å². The Morgan fingerprint density at radius 3 is 2.41 bits per heavy atom. The molecule has 1 aromatic carbocycles. The van der Waals surface area contributed by atoms with Crippen molar-refractivity contribution in [3.05, 3.63) is 47.7 Å². The number of carbonyl (C=O) groups excluding carboxylic acids is 1. The number of carboxylic acids is 1.